The molecule has 17 heavy (non-hydrogen) atoms. The van der Waals surface area contributed by atoms with Gasteiger partial charge in [0.2, 0.25) is 0 Å². The second-order valence-electron chi connectivity index (χ2n) is 3.90. The van der Waals surface area contributed by atoms with Gasteiger partial charge in [-0.1, -0.05) is 0 Å². The average Bonchev–Trinajstić information content (AvgIpc) is 2.84. The molecule has 2 N–H and O–H groups in total. The van der Waals surface area contributed by atoms with Crippen LogP contribution in [0, 0.1) is 5.82 Å². The van der Waals surface area contributed by atoms with Crippen LogP contribution in [-0.4, -0.2) is 13.6 Å². The van der Waals surface area contributed by atoms with E-state index in [4.69, 9.17) is 10.2 Å². The minimum Gasteiger partial charge on any atom is -0.472 e. The highest BCUT2D eigenvalue weighted by molar-refractivity contribution is 5.48. The number of anilines is 1. The Morgan fingerprint density at radius 3 is 2.53 bits per heavy atom. The van der Waals surface area contributed by atoms with Crippen LogP contribution in [0.15, 0.2) is 47.3 Å². The fourth-order valence-corrected chi connectivity index (χ4v) is 1.84. The summed E-state index contributed by atoms with van der Waals surface area (Å²) in [5, 5.41) is 0. The van der Waals surface area contributed by atoms with E-state index in [1.54, 1.807) is 24.7 Å². The average molecular weight is 234 g/mol. The van der Waals surface area contributed by atoms with Crippen molar-refractivity contribution in [1.29, 1.82) is 0 Å². The van der Waals surface area contributed by atoms with Crippen LogP contribution in [0.1, 0.15) is 11.6 Å². The third kappa shape index (κ3) is 2.47. The Hall–Kier alpha value is -1.81. The summed E-state index contributed by atoms with van der Waals surface area (Å²) in [6.07, 6.45) is 3.30. The number of furan rings is 1. The zero-order chi connectivity index (χ0) is 12.3. The lowest BCUT2D eigenvalue weighted by atomic mass is 10.1. The molecule has 0 aliphatic carbocycles. The molecule has 0 fully saturated rings. The molecule has 0 amide bonds. The highest BCUT2D eigenvalue weighted by Gasteiger charge is 2.16. The van der Waals surface area contributed by atoms with E-state index in [0.717, 1.165) is 11.3 Å². The molecule has 1 heterocycles. The zero-order valence-corrected chi connectivity index (χ0v) is 9.64. The van der Waals surface area contributed by atoms with Crippen LogP contribution < -0.4 is 10.6 Å². The highest BCUT2D eigenvalue weighted by Crippen LogP contribution is 2.25. The maximum Gasteiger partial charge on any atom is 0.123 e. The second kappa shape index (κ2) is 5.01. The van der Waals surface area contributed by atoms with Crippen molar-refractivity contribution in [2.45, 2.75) is 6.04 Å². The van der Waals surface area contributed by atoms with E-state index in [1.807, 2.05) is 18.0 Å². The summed E-state index contributed by atoms with van der Waals surface area (Å²) in [7, 11) is 1.93. The lowest BCUT2D eigenvalue weighted by molar-refractivity contribution is 0.556. The van der Waals surface area contributed by atoms with Gasteiger partial charge in [-0.15, -0.1) is 0 Å². The molecule has 0 aliphatic rings. The molecular formula is C13H15FN2O. The van der Waals surface area contributed by atoms with Gasteiger partial charge in [0.1, 0.15) is 5.82 Å². The molecule has 0 saturated heterocycles. The van der Waals surface area contributed by atoms with Gasteiger partial charge < -0.3 is 15.1 Å². The number of hydrogen-bond donors (Lipinski definition) is 1. The Labute approximate surface area is 99.6 Å². The maximum atomic E-state index is 12.8. The van der Waals surface area contributed by atoms with Crippen LogP contribution >= 0.6 is 0 Å². The van der Waals surface area contributed by atoms with Gasteiger partial charge in [0.05, 0.1) is 18.6 Å². The summed E-state index contributed by atoms with van der Waals surface area (Å²) in [6.45, 7) is 0.466. The number of rotatable bonds is 4. The standard InChI is InChI=1S/C13H15FN2O/c1-16(12-4-2-11(14)3-5-12)13(8-15)10-6-7-17-9-10/h2-7,9,13H,8,15H2,1H3. The first kappa shape index (κ1) is 11.7. The minimum absolute atomic E-state index is 0.0270. The number of likely N-dealkylation sites (N-methyl/N-ethyl adjacent to an activating group) is 1. The molecule has 1 atom stereocenters. The van der Waals surface area contributed by atoms with Crippen LogP contribution in [-0.2, 0) is 0 Å². The summed E-state index contributed by atoms with van der Waals surface area (Å²) >= 11 is 0. The van der Waals surface area contributed by atoms with Crippen molar-refractivity contribution in [3.8, 4) is 0 Å². The summed E-state index contributed by atoms with van der Waals surface area (Å²) in [6, 6.07) is 8.26. The summed E-state index contributed by atoms with van der Waals surface area (Å²) < 4.78 is 17.9. The van der Waals surface area contributed by atoms with Crippen molar-refractivity contribution >= 4 is 5.69 Å². The predicted molar refractivity (Wildman–Crippen MR) is 65.3 cm³/mol. The highest BCUT2D eigenvalue weighted by atomic mass is 19.1. The van der Waals surface area contributed by atoms with Crippen molar-refractivity contribution in [1.82, 2.24) is 0 Å². The molecule has 0 bridgehead atoms. The van der Waals surface area contributed by atoms with E-state index in [-0.39, 0.29) is 11.9 Å². The Bertz CT molecular complexity index is 453. The van der Waals surface area contributed by atoms with Crippen LogP contribution in [0.25, 0.3) is 0 Å². The van der Waals surface area contributed by atoms with E-state index < -0.39 is 0 Å². The lowest BCUT2D eigenvalue weighted by Crippen LogP contribution is -2.30. The first-order chi connectivity index (χ1) is 8.22. The smallest absolute Gasteiger partial charge is 0.123 e. The Morgan fingerprint density at radius 1 is 1.29 bits per heavy atom. The third-order valence-corrected chi connectivity index (χ3v) is 2.85. The Balaban J connectivity index is 2.23. The van der Waals surface area contributed by atoms with Crippen LogP contribution in [0.2, 0.25) is 0 Å². The molecule has 3 nitrogen and oxygen atoms in total. The Morgan fingerprint density at radius 2 is 2.00 bits per heavy atom. The number of nitrogens with zero attached hydrogens (tertiary/aromatic N) is 1. The number of benzene rings is 1. The predicted octanol–water partition coefficient (Wildman–Crippen LogP) is 2.55. The lowest BCUT2D eigenvalue weighted by Gasteiger charge is -2.28. The van der Waals surface area contributed by atoms with Gasteiger partial charge in [-0.2, -0.15) is 0 Å². The van der Waals surface area contributed by atoms with E-state index in [0.29, 0.717) is 6.54 Å². The van der Waals surface area contributed by atoms with Gasteiger partial charge in [0, 0.05) is 24.8 Å². The van der Waals surface area contributed by atoms with Crippen LogP contribution in [0.3, 0.4) is 0 Å². The second-order valence-corrected chi connectivity index (χ2v) is 3.90. The fraction of sp³-hybridized carbons (Fsp3) is 0.231. The topological polar surface area (TPSA) is 42.4 Å². The van der Waals surface area contributed by atoms with Crippen molar-refractivity contribution in [3.63, 3.8) is 0 Å². The molecule has 90 valence electrons. The summed E-state index contributed by atoms with van der Waals surface area (Å²) in [5.41, 5.74) is 7.71. The van der Waals surface area contributed by atoms with Crippen molar-refractivity contribution < 1.29 is 8.81 Å². The van der Waals surface area contributed by atoms with Gasteiger partial charge in [-0.25, -0.2) is 4.39 Å². The number of hydrogen-bond acceptors (Lipinski definition) is 3. The van der Waals surface area contributed by atoms with E-state index in [9.17, 15) is 4.39 Å². The molecular weight excluding hydrogens is 219 g/mol. The van der Waals surface area contributed by atoms with Gasteiger partial charge in [0.15, 0.2) is 0 Å². The summed E-state index contributed by atoms with van der Waals surface area (Å²) in [4.78, 5) is 2.00. The summed E-state index contributed by atoms with van der Waals surface area (Å²) in [5.74, 6) is -0.241. The van der Waals surface area contributed by atoms with E-state index in [1.165, 1.54) is 12.1 Å². The largest absolute Gasteiger partial charge is 0.472 e. The molecule has 4 heteroatoms. The molecule has 0 spiro atoms. The van der Waals surface area contributed by atoms with Crippen LogP contribution in [0.4, 0.5) is 10.1 Å². The quantitative estimate of drug-likeness (QED) is 0.884. The molecule has 2 rings (SSSR count). The third-order valence-electron chi connectivity index (χ3n) is 2.85. The van der Waals surface area contributed by atoms with E-state index in [2.05, 4.69) is 0 Å². The molecule has 2 aromatic rings. The molecule has 0 aliphatic heterocycles. The van der Waals surface area contributed by atoms with Crippen molar-refractivity contribution in [2.24, 2.45) is 5.73 Å². The molecule has 1 aromatic carbocycles. The van der Waals surface area contributed by atoms with Gasteiger partial charge in [-0.05, 0) is 30.3 Å². The molecule has 0 saturated carbocycles. The monoisotopic (exact) mass is 234 g/mol. The van der Waals surface area contributed by atoms with Gasteiger partial charge in [0.25, 0.3) is 0 Å². The number of nitrogens with two attached hydrogens (primary N) is 1. The molecule has 1 aromatic heterocycles. The molecule has 0 radical (unpaired) electrons. The van der Waals surface area contributed by atoms with Crippen molar-refractivity contribution in [2.75, 3.05) is 18.5 Å². The maximum absolute atomic E-state index is 12.8. The number of halogens is 1. The van der Waals surface area contributed by atoms with Crippen molar-refractivity contribution in [3.05, 3.63) is 54.2 Å². The first-order valence-electron chi connectivity index (χ1n) is 5.43. The van der Waals surface area contributed by atoms with Crippen LogP contribution in [0.5, 0.6) is 0 Å². The minimum atomic E-state index is -0.241. The SMILES string of the molecule is CN(c1ccc(F)cc1)C(CN)c1ccoc1. The zero-order valence-electron chi connectivity index (χ0n) is 9.64. The van der Waals surface area contributed by atoms with E-state index >= 15 is 0 Å². The molecule has 1 unspecified atom stereocenters. The first-order valence-corrected chi connectivity index (χ1v) is 5.43. The Kier molecular flexibility index (Phi) is 3.44. The fourth-order valence-electron chi connectivity index (χ4n) is 1.84. The van der Waals surface area contributed by atoms with Gasteiger partial charge in [-0.3, -0.25) is 0 Å². The normalized spacial score (nSPS) is 12.4. The van der Waals surface area contributed by atoms with Gasteiger partial charge >= 0.3 is 0 Å².